The summed E-state index contributed by atoms with van der Waals surface area (Å²) in [7, 11) is 1.26. The molecule has 1 atom stereocenters. The maximum atomic E-state index is 11.2. The van der Waals surface area contributed by atoms with E-state index in [1.165, 1.54) is 14.0 Å². The van der Waals surface area contributed by atoms with E-state index in [4.69, 9.17) is 4.74 Å². The van der Waals surface area contributed by atoms with Gasteiger partial charge in [0.05, 0.1) is 7.11 Å². The van der Waals surface area contributed by atoms with Crippen LogP contribution in [0.1, 0.15) is 13.3 Å². The highest BCUT2D eigenvalue weighted by Gasteiger charge is 2.26. The SMILES string of the molecule is C=C(CC(C)(O)Oc1ccccc1)C(=O)OC. The molecule has 4 nitrogen and oxygen atoms in total. The molecule has 4 heteroatoms. The Kier molecular flexibility index (Phi) is 4.29. The van der Waals surface area contributed by atoms with Gasteiger partial charge >= 0.3 is 5.97 Å². The summed E-state index contributed by atoms with van der Waals surface area (Å²) < 4.78 is 9.86. The second-order valence-electron chi connectivity index (χ2n) is 3.86. The number of aliphatic hydroxyl groups is 1. The lowest BCUT2D eigenvalue weighted by molar-refractivity contribution is -0.142. The van der Waals surface area contributed by atoms with Gasteiger partial charge in [0.25, 0.3) is 0 Å². The minimum absolute atomic E-state index is 0.0193. The zero-order chi connectivity index (χ0) is 12.9. The van der Waals surface area contributed by atoms with Crippen molar-refractivity contribution in [2.75, 3.05) is 7.11 Å². The molecule has 1 rings (SSSR count). The van der Waals surface area contributed by atoms with Crippen LogP contribution < -0.4 is 4.74 Å². The van der Waals surface area contributed by atoms with Gasteiger partial charge in [0.2, 0.25) is 5.79 Å². The molecule has 0 aliphatic rings. The van der Waals surface area contributed by atoms with E-state index in [1.807, 2.05) is 6.07 Å². The number of rotatable bonds is 5. The maximum absolute atomic E-state index is 11.2. The first-order valence-corrected chi connectivity index (χ1v) is 5.17. The number of carbonyl (C=O) groups is 1. The molecular weight excluding hydrogens is 220 g/mol. The molecule has 0 bridgehead atoms. The van der Waals surface area contributed by atoms with E-state index >= 15 is 0 Å². The van der Waals surface area contributed by atoms with E-state index in [1.54, 1.807) is 24.3 Å². The lowest BCUT2D eigenvalue weighted by Gasteiger charge is -2.25. The third kappa shape index (κ3) is 4.28. The molecular formula is C13H16O4. The van der Waals surface area contributed by atoms with E-state index in [-0.39, 0.29) is 12.0 Å². The van der Waals surface area contributed by atoms with E-state index in [0.29, 0.717) is 5.75 Å². The van der Waals surface area contributed by atoms with Gasteiger partial charge in [-0.3, -0.25) is 0 Å². The zero-order valence-corrected chi connectivity index (χ0v) is 9.97. The Bertz CT molecular complexity index is 395. The molecule has 0 spiro atoms. The number of para-hydroxylation sites is 1. The Morgan fingerprint density at radius 1 is 1.41 bits per heavy atom. The molecule has 0 aromatic heterocycles. The van der Waals surface area contributed by atoms with Gasteiger partial charge in [0.15, 0.2) is 0 Å². The molecule has 0 fully saturated rings. The summed E-state index contributed by atoms with van der Waals surface area (Å²) in [5.41, 5.74) is 0.161. The van der Waals surface area contributed by atoms with Crippen molar-refractivity contribution >= 4 is 5.97 Å². The van der Waals surface area contributed by atoms with Gasteiger partial charge in [-0.05, 0) is 12.1 Å². The number of carbonyl (C=O) groups excluding carboxylic acids is 1. The van der Waals surface area contributed by atoms with Gasteiger partial charge in [0.1, 0.15) is 5.75 Å². The third-order valence-corrected chi connectivity index (χ3v) is 2.10. The fraction of sp³-hybridized carbons (Fsp3) is 0.308. The number of benzene rings is 1. The van der Waals surface area contributed by atoms with Crippen LogP contribution in [0.15, 0.2) is 42.5 Å². The first kappa shape index (κ1) is 13.3. The third-order valence-electron chi connectivity index (χ3n) is 2.10. The second kappa shape index (κ2) is 5.50. The van der Waals surface area contributed by atoms with Gasteiger partial charge in [-0.1, -0.05) is 24.8 Å². The van der Waals surface area contributed by atoms with Gasteiger partial charge in [-0.25, -0.2) is 4.79 Å². The van der Waals surface area contributed by atoms with Crippen molar-refractivity contribution in [3.8, 4) is 5.75 Å². The van der Waals surface area contributed by atoms with Crippen LogP contribution in [0.2, 0.25) is 0 Å². The van der Waals surface area contributed by atoms with Gasteiger partial charge in [0, 0.05) is 18.9 Å². The van der Waals surface area contributed by atoms with Crippen molar-refractivity contribution < 1.29 is 19.4 Å². The minimum atomic E-state index is -1.49. The van der Waals surface area contributed by atoms with Crippen LogP contribution >= 0.6 is 0 Å². The molecule has 0 heterocycles. The number of hydrogen-bond donors (Lipinski definition) is 1. The predicted octanol–water partition coefficient (Wildman–Crippen LogP) is 1.89. The highest BCUT2D eigenvalue weighted by molar-refractivity contribution is 5.87. The van der Waals surface area contributed by atoms with Crippen LogP contribution in [0, 0.1) is 0 Å². The molecule has 0 amide bonds. The number of ether oxygens (including phenoxy) is 2. The monoisotopic (exact) mass is 236 g/mol. The predicted molar refractivity (Wildman–Crippen MR) is 63.5 cm³/mol. The summed E-state index contributed by atoms with van der Waals surface area (Å²) in [4.78, 5) is 11.2. The van der Waals surface area contributed by atoms with Crippen molar-refractivity contribution in [3.05, 3.63) is 42.5 Å². The molecule has 1 unspecified atom stereocenters. The Hall–Kier alpha value is -1.81. The van der Waals surface area contributed by atoms with Crippen molar-refractivity contribution in [3.63, 3.8) is 0 Å². The normalized spacial score (nSPS) is 13.6. The highest BCUT2D eigenvalue weighted by atomic mass is 16.6. The Morgan fingerprint density at radius 2 is 2.00 bits per heavy atom. The molecule has 92 valence electrons. The summed E-state index contributed by atoms with van der Waals surface area (Å²) >= 11 is 0. The fourth-order valence-corrected chi connectivity index (χ4v) is 1.39. The van der Waals surface area contributed by atoms with Gasteiger partial charge in [-0.15, -0.1) is 0 Å². The van der Waals surface area contributed by atoms with Crippen LogP contribution in [0.5, 0.6) is 5.75 Å². The molecule has 1 N–H and O–H groups in total. The minimum Gasteiger partial charge on any atom is -0.466 e. The summed E-state index contributed by atoms with van der Waals surface area (Å²) in [6, 6.07) is 8.86. The molecule has 0 aliphatic carbocycles. The van der Waals surface area contributed by atoms with Crippen molar-refractivity contribution in [2.45, 2.75) is 19.1 Å². The lowest BCUT2D eigenvalue weighted by atomic mass is 10.1. The van der Waals surface area contributed by atoms with Crippen LogP contribution in [-0.4, -0.2) is 24.0 Å². The largest absolute Gasteiger partial charge is 0.466 e. The average molecular weight is 236 g/mol. The average Bonchev–Trinajstić information content (AvgIpc) is 2.27. The number of esters is 1. The summed E-state index contributed by atoms with van der Waals surface area (Å²) in [6.45, 7) is 5.00. The van der Waals surface area contributed by atoms with E-state index < -0.39 is 11.8 Å². The summed E-state index contributed by atoms with van der Waals surface area (Å²) in [5, 5.41) is 9.99. The van der Waals surface area contributed by atoms with E-state index in [2.05, 4.69) is 11.3 Å². The van der Waals surface area contributed by atoms with E-state index in [9.17, 15) is 9.90 Å². The molecule has 1 aromatic rings. The van der Waals surface area contributed by atoms with Crippen molar-refractivity contribution in [2.24, 2.45) is 0 Å². The highest BCUT2D eigenvalue weighted by Crippen LogP contribution is 2.21. The number of methoxy groups -OCH3 is 1. The molecule has 0 saturated carbocycles. The number of hydrogen-bond acceptors (Lipinski definition) is 4. The van der Waals surface area contributed by atoms with Crippen LogP contribution in [0.25, 0.3) is 0 Å². The standard InChI is InChI=1S/C13H16O4/c1-10(12(14)16-3)9-13(2,15)17-11-7-5-4-6-8-11/h4-8,15H,1,9H2,2-3H3. The Balaban J connectivity index is 2.63. The topological polar surface area (TPSA) is 55.8 Å². The second-order valence-corrected chi connectivity index (χ2v) is 3.86. The molecule has 0 radical (unpaired) electrons. The van der Waals surface area contributed by atoms with E-state index in [0.717, 1.165) is 0 Å². The van der Waals surface area contributed by atoms with Gasteiger partial charge in [-0.2, -0.15) is 0 Å². The Labute approximate surface area is 100 Å². The first-order valence-electron chi connectivity index (χ1n) is 5.17. The fourth-order valence-electron chi connectivity index (χ4n) is 1.39. The van der Waals surface area contributed by atoms with Crippen molar-refractivity contribution in [1.29, 1.82) is 0 Å². The smallest absolute Gasteiger partial charge is 0.333 e. The molecule has 0 aliphatic heterocycles. The van der Waals surface area contributed by atoms with Crippen LogP contribution in [-0.2, 0) is 9.53 Å². The van der Waals surface area contributed by atoms with Crippen LogP contribution in [0.4, 0.5) is 0 Å². The first-order chi connectivity index (χ1) is 7.94. The molecule has 17 heavy (non-hydrogen) atoms. The zero-order valence-electron chi connectivity index (χ0n) is 9.97. The van der Waals surface area contributed by atoms with Crippen molar-refractivity contribution in [1.82, 2.24) is 0 Å². The summed E-state index contributed by atoms with van der Waals surface area (Å²) in [6.07, 6.45) is -0.0193. The van der Waals surface area contributed by atoms with Crippen LogP contribution in [0.3, 0.4) is 0 Å². The van der Waals surface area contributed by atoms with Gasteiger partial charge < -0.3 is 14.6 Å². The molecule has 0 saturated heterocycles. The quantitative estimate of drug-likeness (QED) is 0.482. The molecule has 1 aromatic carbocycles. The summed E-state index contributed by atoms with van der Waals surface area (Å²) in [5.74, 6) is -1.52. The lowest BCUT2D eigenvalue weighted by Crippen LogP contribution is -2.33. The maximum Gasteiger partial charge on any atom is 0.333 e. The Morgan fingerprint density at radius 3 is 2.53 bits per heavy atom.